The summed E-state index contributed by atoms with van der Waals surface area (Å²) >= 11 is 3.41. The topological polar surface area (TPSA) is 32.3 Å². The first-order valence-corrected chi connectivity index (χ1v) is 6.72. The number of hydrogen-bond donors (Lipinski definition) is 1. The molecule has 0 aliphatic heterocycles. The van der Waals surface area contributed by atoms with Crippen LogP contribution in [-0.4, -0.2) is 20.0 Å². The van der Waals surface area contributed by atoms with Crippen molar-refractivity contribution in [3.8, 4) is 0 Å². The maximum atomic E-state index is 12.4. The fourth-order valence-electron chi connectivity index (χ4n) is 1.80. The number of nitrogens with zero attached hydrogens (tertiary/aromatic N) is 1. The molecular formula is C15H15BrN2O. The fourth-order valence-corrected chi connectivity index (χ4v) is 2.19. The van der Waals surface area contributed by atoms with Crippen molar-refractivity contribution in [3.63, 3.8) is 0 Å². The highest BCUT2D eigenvalue weighted by molar-refractivity contribution is 9.10. The molecular weight excluding hydrogens is 304 g/mol. The highest BCUT2D eigenvalue weighted by atomic mass is 79.9. The van der Waals surface area contributed by atoms with Gasteiger partial charge in [0.1, 0.15) is 0 Å². The van der Waals surface area contributed by atoms with E-state index in [-0.39, 0.29) is 5.91 Å². The third-order valence-electron chi connectivity index (χ3n) is 2.90. The zero-order chi connectivity index (χ0) is 13.8. The van der Waals surface area contributed by atoms with Crippen molar-refractivity contribution in [2.45, 2.75) is 0 Å². The molecule has 0 atom stereocenters. The van der Waals surface area contributed by atoms with Gasteiger partial charge in [-0.25, -0.2) is 0 Å². The maximum Gasteiger partial charge on any atom is 0.258 e. The van der Waals surface area contributed by atoms with E-state index in [0.29, 0.717) is 5.56 Å². The van der Waals surface area contributed by atoms with E-state index in [2.05, 4.69) is 21.2 Å². The summed E-state index contributed by atoms with van der Waals surface area (Å²) in [5, 5.41) is 3.03. The molecule has 1 amide bonds. The monoisotopic (exact) mass is 318 g/mol. The summed E-state index contributed by atoms with van der Waals surface area (Å²) in [6.45, 7) is 0. The van der Waals surface area contributed by atoms with Crippen molar-refractivity contribution < 1.29 is 4.79 Å². The number of carbonyl (C=O) groups is 1. The van der Waals surface area contributed by atoms with E-state index in [1.165, 1.54) is 0 Å². The zero-order valence-electron chi connectivity index (χ0n) is 10.9. The Bertz CT molecular complexity index is 598. The van der Waals surface area contributed by atoms with E-state index in [0.717, 1.165) is 15.8 Å². The number of nitrogens with one attached hydrogen (secondary N) is 1. The van der Waals surface area contributed by atoms with Crippen LogP contribution in [0, 0.1) is 0 Å². The van der Waals surface area contributed by atoms with Gasteiger partial charge >= 0.3 is 0 Å². The first-order chi connectivity index (χ1) is 9.11. The summed E-state index contributed by atoms with van der Waals surface area (Å²) in [6.07, 6.45) is 0. The summed E-state index contributed by atoms with van der Waals surface area (Å²) in [5.41, 5.74) is 2.44. The van der Waals surface area contributed by atoms with Crippen LogP contribution in [0.25, 0.3) is 0 Å². The Labute approximate surface area is 121 Å². The van der Waals surface area contributed by atoms with Gasteiger partial charge in [-0.05, 0) is 36.4 Å². The normalized spacial score (nSPS) is 10.1. The second-order valence-electron chi connectivity index (χ2n) is 4.17. The Morgan fingerprint density at radius 2 is 1.89 bits per heavy atom. The number of carbonyl (C=O) groups excluding carboxylic acids is 1. The lowest BCUT2D eigenvalue weighted by atomic mass is 10.1. The third kappa shape index (κ3) is 3.15. The van der Waals surface area contributed by atoms with Crippen LogP contribution < -0.4 is 10.2 Å². The number of benzene rings is 2. The molecule has 4 heteroatoms. The van der Waals surface area contributed by atoms with E-state index in [9.17, 15) is 4.79 Å². The first kappa shape index (κ1) is 13.6. The van der Waals surface area contributed by atoms with Crippen LogP contribution in [0.15, 0.2) is 53.0 Å². The standard InChI is InChI=1S/C15H15BrN2O/c1-17-13-7-3-5-11(9-13)15(19)18(2)14-8-4-6-12(16)10-14/h3-10,17H,1-2H3. The van der Waals surface area contributed by atoms with Crippen LogP contribution in [0.3, 0.4) is 0 Å². The summed E-state index contributed by atoms with van der Waals surface area (Å²) in [5.74, 6) is -0.0322. The zero-order valence-corrected chi connectivity index (χ0v) is 12.4. The average Bonchev–Trinajstić information content (AvgIpc) is 2.45. The number of anilines is 2. The minimum atomic E-state index is -0.0322. The van der Waals surface area contributed by atoms with E-state index >= 15 is 0 Å². The molecule has 0 spiro atoms. The Balaban J connectivity index is 2.28. The van der Waals surface area contributed by atoms with Gasteiger partial charge in [0.15, 0.2) is 0 Å². The van der Waals surface area contributed by atoms with Crippen molar-refractivity contribution in [1.82, 2.24) is 0 Å². The lowest BCUT2D eigenvalue weighted by Crippen LogP contribution is -2.26. The van der Waals surface area contributed by atoms with Crippen molar-refractivity contribution in [2.24, 2.45) is 0 Å². The van der Waals surface area contributed by atoms with E-state index in [1.807, 2.05) is 55.6 Å². The molecule has 0 radical (unpaired) electrons. The number of amides is 1. The van der Waals surface area contributed by atoms with Gasteiger partial charge in [-0.2, -0.15) is 0 Å². The maximum absolute atomic E-state index is 12.4. The Kier molecular flexibility index (Phi) is 4.22. The van der Waals surface area contributed by atoms with E-state index in [1.54, 1.807) is 11.9 Å². The molecule has 0 heterocycles. The summed E-state index contributed by atoms with van der Waals surface area (Å²) in [7, 11) is 3.61. The molecule has 0 bridgehead atoms. The lowest BCUT2D eigenvalue weighted by Gasteiger charge is -2.18. The van der Waals surface area contributed by atoms with Crippen LogP contribution >= 0.6 is 15.9 Å². The molecule has 0 unspecified atom stereocenters. The highest BCUT2D eigenvalue weighted by Crippen LogP contribution is 2.21. The molecule has 1 N–H and O–H groups in total. The lowest BCUT2D eigenvalue weighted by molar-refractivity contribution is 0.0993. The van der Waals surface area contributed by atoms with Gasteiger partial charge in [-0.1, -0.05) is 28.1 Å². The van der Waals surface area contributed by atoms with Crippen LogP contribution in [0.5, 0.6) is 0 Å². The van der Waals surface area contributed by atoms with Gasteiger partial charge < -0.3 is 10.2 Å². The van der Waals surface area contributed by atoms with Crippen molar-refractivity contribution in [1.29, 1.82) is 0 Å². The van der Waals surface area contributed by atoms with E-state index < -0.39 is 0 Å². The Morgan fingerprint density at radius 3 is 2.58 bits per heavy atom. The fraction of sp³-hybridized carbons (Fsp3) is 0.133. The molecule has 0 aromatic heterocycles. The summed E-state index contributed by atoms with van der Waals surface area (Å²) < 4.78 is 0.952. The molecule has 0 aliphatic rings. The molecule has 19 heavy (non-hydrogen) atoms. The minimum absolute atomic E-state index is 0.0322. The third-order valence-corrected chi connectivity index (χ3v) is 3.39. The predicted molar refractivity (Wildman–Crippen MR) is 82.9 cm³/mol. The molecule has 0 fully saturated rings. The number of halogens is 1. The average molecular weight is 319 g/mol. The minimum Gasteiger partial charge on any atom is -0.388 e. The van der Waals surface area contributed by atoms with Gasteiger partial charge in [-0.15, -0.1) is 0 Å². The molecule has 2 aromatic carbocycles. The highest BCUT2D eigenvalue weighted by Gasteiger charge is 2.13. The molecule has 2 rings (SSSR count). The molecule has 2 aromatic rings. The van der Waals surface area contributed by atoms with Crippen LogP contribution in [-0.2, 0) is 0 Å². The van der Waals surface area contributed by atoms with Crippen LogP contribution in [0.1, 0.15) is 10.4 Å². The van der Waals surface area contributed by atoms with Crippen molar-refractivity contribution in [3.05, 3.63) is 58.6 Å². The molecule has 0 aliphatic carbocycles. The summed E-state index contributed by atoms with van der Waals surface area (Å²) in [4.78, 5) is 14.0. The van der Waals surface area contributed by atoms with Gasteiger partial charge in [0.05, 0.1) is 0 Å². The first-order valence-electron chi connectivity index (χ1n) is 5.93. The van der Waals surface area contributed by atoms with Gasteiger partial charge in [0.25, 0.3) is 5.91 Å². The SMILES string of the molecule is CNc1cccc(C(=O)N(C)c2cccc(Br)c2)c1. The van der Waals surface area contributed by atoms with Crippen LogP contribution in [0.4, 0.5) is 11.4 Å². The van der Waals surface area contributed by atoms with Gasteiger partial charge in [-0.3, -0.25) is 4.79 Å². The molecule has 3 nitrogen and oxygen atoms in total. The second kappa shape index (κ2) is 5.89. The quantitative estimate of drug-likeness (QED) is 0.934. The van der Waals surface area contributed by atoms with E-state index in [4.69, 9.17) is 0 Å². The summed E-state index contributed by atoms with van der Waals surface area (Å²) in [6, 6.07) is 15.1. The molecule has 98 valence electrons. The Morgan fingerprint density at radius 1 is 1.16 bits per heavy atom. The van der Waals surface area contributed by atoms with Gasteiger partial charge in [0, 0.05) is 35.5 Å². The van der Waals surface area contributed by atoms with Crippen molar-refractivity contribution >= 4 is 33.2 Å². The Hall–Kier alpha value is -1.81. The van der Waals surface area contributed by atoms with Gasteiger partial charge in [0.2, 0.25) is 0 Å². The number of hydrogen-bond acceptors (Lipinski definition) is 2. The number of rotatable bonds is 3. The second-order valence-corrected chi connectivity index (χ2v) is 5.09. The predicted octanol–water partition coefficient (Wildman–Crippen LogP) is 3.77. The largest absolute Gasteiger partial charge is 0.388 e. The molecule has 0 saturated carbocycles. The molecule has 0 saturated heterocycles. The van der Waals surface area contributed by atoms with Crippen molar-refractivity contribution in [2.75, 3.05) is 24.3 Å². The van der Waals surface area contributed by atoms with Crippen LogP contribution in [0.2, 0.25) is 0 Å². The smallest absolute Gasteiger partial charge is 0.258 e.